The quantitative estimate of drug-likeness (QED) is 0.453. The lowest BCUT2D eigenvalue weighted by Crippen LogP contribution is -1.95. The van der Waals surface area contributed by atoms with E-state index >= 15 is 0 Å². The van der Waals surface area contributed by atoms with Crippen LogP contribution in [-0.2, 0) is 6.42 Å². The van der Waals surface area contributed by atoms with Crippen LogP contribution in [-0.4, -0.2) is 20.2 Å². The molecule has 2 aromatic carbocycles. The first-order valence-electron chi connectivity index (χ1n) is 5.65. The summed E-state index contributed by atoms with van der Waals surface area (Å²) < 4.78 is 0. The maximum absolute atomic E-state index is 10.8. The van der Waals surface area contributed by atoms with E-state index in [1.807, 2.05) is 0 Å². The zero-order chi connectivity index (χ0) is 15.7. The number of nitro benzene ring substituents is 1. The Balaban J connectivity index is 2.52. The Morgan fingerprint density at radius 1 is 0.952 bits per heavy atom. The lowest BCUT2D eigenvalue weighted by Gasteiger charge is -2.09. The zero-order valence-corrected chi connectivity index (χ0v) is 11.9. The van der Waals surface area contributed by atoms with E-state index in [1.54, 1.807) is 0 Å². The Labute approximate surface area is 128 Å². The number of hydrogen-bond donors (Lipinski definition) is 3. The summed E-state index contributed by atoms with van der Waals surface area (Å²) >= 11 is 11.6. The predicted octanol–water partition coefficient (Wildman–Crippen LogP) is 3.61. The van der Waals surface area contributed by atoms with Gasteiger partial charge in [0.15, 0.2) is 17.2 Å². The molecule has 0 aromatic heterocycles. The van der Waals surface area contributed by atoms with Crippen LogP contribution in [0.25, 0.3) is 0 Å². The van der Waals surface area contributed by atoms with Crippen molar-refractivity contribution in [2.45, 2.75) is 6.42 Å². The highest BCUT2D eigenvalue weighted by Crippen LogP contribution is 2.38. The topological polar surface area (TPSA) is 104 Å². The monoisotopic (exact) mass is 329 g/mol. The highest BCUT2D eigenvalue weighted by atomic mass is 35.5. The van der Waals surface area contributed by atoms with Crippen molar-refractivity contribution >= 4 is 28.9 Å². The Kier molecular flexibility index (Phi) is 4.11. The van der Waals surface area contributed by atoms with Gasteiger partial charge in [0.25, 0.3) is 0 Å². The molecule has 0 aliphatic rings. The number of rotatable bonds is 3. The summed E-state index contributed by atoms with van der Waals surface area (Å²) in [5.41, 5.74) is -0.207. The number of hydrogen-bond acceptors (Lipinski definition) is 5. The van der Waals surface area contributed by atoms with Crippen LogP contribution in [0.2, 0.25) is 10.0 Å². The van der Waals surface area contributed by atoms with E-state index in [1.165, 1.54) is 12.1 Å². The summed E-state index contributed by atoms with van der Waals surface area (Å²) in [5.74, 6) is -1.39. The van der Waals surface area contributed by atoms with Gasteiger partial charge in [0, 0.05) is 39.7 Å². The molecule has 0 heterocycles. The van der Waals surface area contributed by atoms with Crippen molar-refractivity contribution in [3.63, 3.8) is 0 Å². The molecule has 0 aliphatic carbocycles. The average molecular weight is 330 g/mol. The van der Waals surface area contributed by atoms with Gasteiger partial charge in [0.2, 0.25) is 0 Å². The number of nitro groups is 1. The minimum absolute atomic E-state index is 0.0697. The molecule has 0 bridgehead atoms. The van der Waals surface area contributed by atoms with Crippen molar-refractivity contribution < 1.29 is 20.2 Å². The predicted molar refractivity (Wildman–Crippen MR) is 77.4 cm³/mol. The molecule has 21 heavy (non-hydrogen) atoms. The van der Waals surface area contributed by atoms with Crippen molar-refractivity contribution in [1.29, 1.82) is 0 Å². The van der Waals surface area contributed by atoms with Crippen molar-refractivity contribution in [2.75, 3.05) is 0 Å². The van der Waals surface area contributed by atoms with Gasteiger partial charge in [-0.1, -0.05) is 23.2 Å². The second-order valence-corrected chi connectivity index (χ2v) is 5.17. The van der Waals surface area contributed by atoms with E-state index in [4.69, 9.17) is 23.2 Å². The van der Waals surface area contributed by atoms with E-state index in [0.29, 0.717) is 0 Å². The molecule has 0 aliphatic heterocycles. The minimum Gasteiger partial charge on any atom is -0.504 e. The number of phenolic OH excluding ortho intramolecular Hbond substituents is 3. The molecular weight excluding hydrogens is 321 g/mol. The zero-order valence-electron chi connectivity index (χ0n) is 10.4. The van der Waals surface area contributed by atoms with Crippen molar-refractivity contribution in [3.8, 4) is 17.2 Å². The SMILES string of the molecule is O=[N+]([O-])c1cc(Cl)cc(Cc2cc(Cl)cc(O)c2O)c1O. The Hall–Kier alpha value is -2.18. The molecule has 0 unspecified atom stereocenters. The van der Waals surface area contributed by atoms with Gasteiger partial charge in [0.05, 0.1) is 4.92 Å². The lowest BCUT2D eigenvalue weighted by atomic mass is 10.0. The minimum atomic E-state index is -0.764. The molecule has 0 saturated heterocycles. The third-order valence-corrected chi connectivity index (χ3v) is 3.28. The fourth-order valence-electron chi connectivity index (χ4n) is 1.89. The summed E-state index contributed by atoms with van der Waals surface area (Å²) in [4.78, 5) is 10.1. The van der Waals surface area contributed by atoms with E-state index in [0.717, 1.165) is 12.1 Å². The van der Waals surface area contributed by atoms with Gasteiger partial charge in [-0.15, -0.1) is 0 Å². The molecular formula is C13H9Cl2NO5. The lowest BCUT2D eigenvalue weighted by molar-refractivity contribution is -0.385. The summed E-state index contributed by atoms with van der Waals surface area (Å²) in [7, 11) is 0. The van der Waals surface area contributed by atoms with Crippen molar-refractivity contribution in [2.24, 2.45) is 0 Å². The van der Waals surface area contributed by atoms with Crippen LogP contribution >= 0.6 is 23.2 Å². The molecule has 2 aromatic rings. The maximum Gasteiger partial charge on any atom is 0.312 e. The molecule has 110 valence electrons. The summed E-state index contributed by atoms with van der Waals surface area (Å²) in [6.45, 7) is 0. The molecule has 2 rings (SSSR count). The summed E-state index contributed by atoms with van der Waals surface area (Å²) in [6.07, 6.45) is -0.0901. The fraction of sp³-hybridized carbons (Fsp3) is 0.0769. The number of phenols is 3. The standard InChI is InChI=1S/C13H9Cl2NO5/c14-8-2-6(12(18)10(4-8)16(20)21)1-7-3-9(15)5-11(17)13(7)19/h2-5,17-19H,1H2. The summed E-state index contributed by atoms with van der Waals surface area (Å²) in [5, 5.41) is 40.2. The van der Waals surface area contributed by atoms with Gasteiger partial charge in [-0.25, -0.2) is 0 Å². The maximum atomic E-state index is 10.8. The van der Waals surface area contributed by atoms with Gasteiger partial charge in [0.1, 0.15) is 0 Å². The largest absolute Gasteiger partial charge is 0.504 e. The molecule has 0 atom stereocenters. The van der Waals surface area contributed by atoms with Crippen LogP contribution in [0.5, 0.6) is 17.2 Å². The van der Waals surface area contributed by atoms with Gasteiger partial charge in [-0.3, -0.25) is 10.1 Å². The molecule has 8 heteroatoms. The fourth-order valence-corrected chi connectivity index (χ4v) is 2.36. The Bertz CT molecular complexity index is 733. The van der Waals surface area contributed by atoms with Gasteiger partial charge < -0.3 is 15.3 Å². The van der Waals surface area contributed by atoms with Crippen LogP contribution in [0.3, 0.4) is 0 Å². The number of halogens is 2. The average Bonchev–Trinajstić information content (AvgIpc) is 2.38. The highest BCUT2D eigenvalue weighted by molar-refractivity contribution is 6.31. The first-order valence-corrected chi connectivity index (χ1v) is 6.41. The number of benzene rings is 2. The molecule has 0 fully saturated rings. The van der Waals surface area contributed by atoms with Gasteiger partial charge >= 0.3 is 5.69 Å². The normalized spacial score (nSPS) is 10.6. The van der Waals surface area contributed by atoms with Crippen LogP contribution in [0.1, 0.15) is 11.1 Å². The van der Waals surface area contributed by atoms with Crippen LogP contribution in [0.15, 0.2) is 24.3 Å². The highest BCUT2D eigenvalue weighted by Gasteiger charge is 2.20. The second-order valence-electron chi connectivity index (χ2n) is 4.30. The molecule has 3 N–H and O–H groups in total. The molecule has 0 amide bonds. The number of aromatic hydroxyl groups is 3. The molecule has 0 radical (unpaired) electrons. The molecule has 0 saturated carbocycles. The Morgan fingerprint density at radius 2 is 1.48 bits per heavy atom. The van der Waals surface area contributed by atoms with Gasteiger partial charge in [-0.05, 0) is 12.1 Å². The summed E-state index contributed by atoms with van der Waals surface area (Å²) in [6, 6.07) is 4.89. The van der Waals surface area contributed by atoms with Crippen LogP contribution in [0, 0.1) is 10.1 Å². The third-order valence-electron chi connectivity index (χ3n) is 2.84. The van der Waals surface area contributed by atoms with E-state index in [-0.39, 0.29) is 27.6 Å². The third kappa shape index (κ3) is 3.12. The number of nitrogens with zero attached hydrogens (tertiary/aromatic N) is 1. The smallest absolute Gasteiger partial charge is 0.312 e. The van der Waals surface area contributed by atoms with E-state index < -0.39 is 27.9 Å². The van der Waals surface area contributed by atoms with Crippen molar-refractivity contribution in [1.82, 2.24) is 0 Å². The van der Waals surface area contributed by atoms with Crippen LogP contribution < -0.4 is 0 Å². The van der Waals surface area contributed by atoms with Crippen LogP contribution in [0.4, 0.5) is 5.69 Å². The van der Waals surface area contributed by atoms with Gasteiger partial charge in [-0.2, -0.15) is 0 Å². The first kappa shape index (κ1) is 15.2. The Morgan fingerprint density at radius 3 is 2.05 bits per heavy atom. The molecule has 6 nitrogen and oxygen atoms in total. The van der Waals surface area contributed by atoms with E-state index in [9.17, 15) is 25.4 Å². The first-order chi connectivity index (χ1) is 9.79. The van der Waals surface area contributed by atoms with Crippen molar-refractivity contribution in [3.05, 3.63) is 55.6 Å². The second kappa shape index (κ2) is 5.67. The molecule has 0 spiro atoms. The van der Waals surface area contributed by atoms with E-state index in [2.05, 4.69) is 0 Å².